The first-order valence-electron chi connectivity index (χ1n) is 5.58. The molecule has 1 heterocycles. The molecule has 0 spiro atoms. The zero-order valence-electron chi connectivity index (χ0n) is 9.99. The van der Waals surface area contributed by atoms with Gasteiger partial charge in [-0.2, -0.15) is 0 Å². The Labute approximate surface area is 109 Å². The fraction of sp³-hybridized carbons (Fsp3) is 0.636. The van der Waals surface area contributed by atoms with Crippen LogP contribution in [0.2, 0.25) is 0 Å². The smallest absolute Gasteiger partial charge is 0.252 e. The molecule has 1 aliphatic rings. The third-order valence-electron chi connectivity index (χ3n) is 2.47. The van der Waals surface area contributed by atoms with Crippen molar-refractivity contribution in [3.05, 3.63) is 5.69 Å². The van der Waals surface area contributed by atoms with Crippen LogP contribution in [0.4, 0.5) is 5.13 Å². The summed E-state index contributed by atoms with van der Waals surface area (Å²) in [4.78, 5) is 15.8. The standard InChI is InChI=1S/C11H16N2O2S2/c1-7-10(16-2)17-11(12-7)13-9(14)6-15-5-8-3-4-8/h8H,3-6H2,1-2H3,(H,12,13,14). The molecule has 17 heavy (non-hydrogen) atoms. The zero-order valence-corrected chi connectivity index (χ0v) is 11.6. The van der Waals surface area contributed by atoms with Crippen molar-refractivity contribution in [1.29, 1.82) is 0 Å². The van der Waals surface area contributed by atoms with Gasteiger partial charge in [0.1, 0.15) is 6.61 Å². The number of nitrogens with zero attached hydrogens (tertiary/aromatic N) is 1. The minimum absolute atomic E-state index is 0.118. The number of rotatable bonds is 6. The maximum absolute atomic E-state index is 11.5. The third kappa shape index (κ3) is 3.97. The normalized spacial score (nSPS) is 14.9. The van der Waals surface area contributed by atoms with Gasteiger partial charge in [0.15, 0.2) is 5.13 Å². The van der Waals surface area contributed by atoms with Crippen LogP contribution < -0.4 is 5.32 Å². The van der Waals surface area contributed by atoms with Crippen molar-refractivity contribution >= 4 is 34.1 Å². The lowest BCUT2D eigenvalue weighted by Crippen LogP contribution is -2.18. The van der Waals surface area contributed by atoms with E-state index in [9.17, 15) is 4.79 Å². The van der Waals surface area contributed by atoms with Crippen LogP contribution >= 0.6 is 23.1 Å². The van der Waals surface area contributed by atoms with Crippen LogP contribution in [-0.2, 0) is 9.53 Å². The highest BCUT2D eigenvalue weighted by molar-refractivity contribution is 8.00. The lowest BCUT2D eigenvalue weighted by Gasteiger charge is -2.02. The summed E-state index contributed by atoms with van der Waals surface area (Å²) < 4.78 is 6.45. The van der Waals surface area contributed by atoms with Gasteiger partial charge in [0.2, 0.25) is 0 Å². The number of ether oxygens (including phenoxy) is 1. The Morgan fingerprint density at radius 3 is 3.00 bits per heavy atom. The molecule has 1 aromatic heterocycles. The summed E-state index contributed by atoms with van der Waals surface area (Å²) >= 11 is 3.15. The minimum Gasteiger partial charge on any atom is -0.371 e. The van der Waals surface area contributed by atoms with Gasteiger partial charge in [-0.15, -0.1) is 11.8 Å². The van der Waals surface area contributed by atoms with Gasteiger partial charge >= 0.3 is 0 Å². The van der Waals surface area contributed by atoms with Crippen molar-refractivity contribution in [1.82, 2.24) is 4.98 Å². The number of thiazole rings is 1. The average Bonchev–Trinajstić information content (AvgIpc) is 3.03. The number of aryl methyl sites for hydroxylation is 1. The first kappa shape index (κ1) is 12.9. The van der Waals surface area contributed by atoms with Crippen LogP contribution in [-0.4, -0.2) is 30.4 Å². The molecule has 6 heteroatoms. The third-order valence-corrected chi connectivity index (χ3v) is 4.75. The van der Waals surface area contributed by atoms with Gasteiger partial charge in [-0.1, -0.05) is 11.3 Å². The molecular weight excluding hydrogens is 256 g/mol. The Bertz CT molecular complexity index is 402. The van der Waals surface area contributed by atoms with Crippen molar-refractivity contribution < 1.29 is 9.53 Å². The molecule has 1 saturated carbocycles. The number of carbonyl (C=O) groups is 1. The van der Waals surface area contributed by atoms with E-state index in [1.54, 1.807) is 11.8 Å². The highest BCUT2D eigenvalue weighted by Gasteiger charge is 2.21. The monoisotopic (exact) mass is 272 g/mol. The molecule has 1 N–H and O–H groups in total. The van der Waals surface area contributed by atoms with E-state index in [4.69, 9.17) is 4.74 Å². The Balaban J connectivity index is 1.75. The minimum atomic E-state index is -0.118. The number of hydrogen-bond donors (Lipinski definition) is 1. The summed E-state index contributed by atoms with van der Waals surface area (Å²) in [5.74, 6) is 0.569. The summed E-state index contributed by atoms with van der Waals surface area (Å²) in [5.41, 5.74) is 0.969. The maximum atomic E-state index is 11.5. The molecule has 1 fully saturated rings. The molecule has 2 rings (SSSR count). The van der Waals surface area contributed by atoms with Crippen LogP contribution in [0.15, 0.2) is 4.21 Å². The van der Waals surface area contributed by atoms with Crippen molar-refractivity contribution in [2.75, 3.05) is 24.8 Å². The van der Waals surface area contributed by atoms with Gasteiger partial charge in [0.25, 0.3) is 5.91 Å². The molecule has 0 aromatic carbocycles. The zero-order chi connectivity index (χ0) is 12.3. The van der Waals surface area contributed by atoms with Crippen molar-refractivity contribution in [3.63, 3.8) is 0 Å². The quantitative estimate of drug-likeness (QED) is 0.809. The second-order valence-electron chi connectivity index (χ2n) is 4.10. The Hall–Kier alpha value is -0.590. The molecule has 0 bridgehead atoms. The molecule has 4 nitrogen and oxygen atoms in total. The second-order valence-corrected chi connectivity index (χ2v) is 6.18. The highest BCUT2D eigenvalue weighted by Crippen LogP contribution is 2.30. The molecule has 0 saturated heterocycles. The summed E-state index contributed by atoms with van der Waals surface area (Å²) in [6, 6.07) is 0. The summed E-state index contributed by atoms with van der Waals surface area (Å²) in [5, 5.41) is 3.42. The van der Waals surface area contributed by atoms with Gasteiger partial charge in [-0.25, -0.2) is 4.98 Å². The molecule has 0 aliphatic heterocycles. The molecule has 1 amide bonds. The van der Waals surface area contributed by atoms with Crippen LogP contribution in [0.3, 0.4) is 0 Å². The fourth-order valence-electron chi connectivity index (χ4n) is 1.38. The van der Waals surface area contributed by atoms with Crippen LogP contribution in [0, 0.1) is 12.8 Å². The number of carbonyl (C=O) groups excluding carboxylic acids is 1. The van der Waals surface area contributed by atoms with E-state index in [2.05, 4.69) is 10.3 Å². The molecule has 94 valence electrons. The molecule has 0 atom stereocenters. The van der Waals surface area contributed by atoms with Crippen molar-refractivity contribution in [2.45, 2.75) is 24.0 Å². The Kier molecular flexibility index (Phi) is 4.42. The number of hydrogen-bond acceptors (Lipinski definition) is 5. The van der Waals surface area contributed by atoms with E-state index in [-0.39, 0.29) is 12.5 Å². The SMILES string of the molecule is CSc1sc(NC(=O)COCC2CC2)nc1C. The van der Waals surface area contributed by atoms with E-state index in [0.29, 0.717) is 17.7 Å². The van der Waals surface area contributed by atoms with E-state index >= 15 is 0 Å². The molecule has 1 aliphatic carbocycles. The molecule has 0 radical (unpaired) electrons. The maximum Gasteiger partial charge on any atom is 0.252 e. The van der Waals surface area contributed by atoms with Crippen LogP contribution in [0.25, 0.3) is 0 Å². The van der Waals surface area contributed by atoms with Crippen molar-refractivity contribution in [2.24, 2.45) is 5.92 Å². The van der Waals surface area contributed by atoms with Gasteiger partial charge < -0.3 is 4.74 Å². The topological polar surface area (TPSA) is 51.2 Å². The summed E-state index contributed by atoms with van der Waals surface area (Å²) in [6.07, 6.45) is 4.49. The number of nitrogens with one attached hydrogen (secondary N) is 1. The lowest BCUT2D eigenvalue weighted by atomic mass is 10.5. The highest BCUT2D eigenvalue weighted by atomic mass is 32.2. The van der Waals surface area contributed by atoms with Crippen LogP contribution in [0.5, 0.6) is 0 Å². The molecule has 1 aromatic rings. The number of anilines is 1. The van der Waals surface area contributed by atoms with E-state index in [1.807, 2.05) is 13.2 Å². The van der Waals surface area contributed by atoms with E-state index in [0.717, 1.165) is 9.90 Å². The largest absolute Gasteiger partial charge is 0.371 e. The van der Waals surface area contributed by atoms with Crippen molar-refractivity contribution in [3.8, 4) is 0 Å². The van der Waals surface area contributed by atoms with Crippen LogP contribution in [0.1, 0.15) is 18.5 Å². The predicted octanol–water partition coefficient (Wildman–Crippen LogP) is 2.54. The lowest BCUT2D eigenvalue weighted by molar-refractivity contribution is -0.120. The van der Waals surface area contributed by atoms with Gasteiger partial charge in [0, 0.05) is 0 Å². The average molecular weight is 272 g/mol. The van der Waals surface area contributed by atoms with Gasteiger partial charge in [-0.3, -0.25) is 10.1 Å². The molecular formula is C11H16N2O2S2. The van der Waals surface area contributed by atoms with E-state index < -0.39 is 0 Å². The van der Waals surface area contributed by atoms with Gasteiger partial charge in [-0.05, 0) is 31.9 Å². The Morgan fingerprint density at radius 1 is 1.65 bits per heavy atom. The van der Waals surface area contributed by atoms with E-state index in [1.165, 1.54) is 24.2 Å². The van der Waals surface area contributed by atoms with Gasteiger partial charge in [0.05, 0.1) is 16.5 Å². The molecule has 0 unspecified atom stereocenters. The summed E-state index contributed by atoms with van der Waals surface area (Å²) in [7, 11) is 0. The first-order valence-corrected chi connectivity index (χ1v) is 7.62. The fourth-order valence-corrected chi connectivity index (χ4v) is 3.01. The summed E-state index contributed by atoms with van der Waals surface area (Å²) in [6.45, 7) is 2.78. The number of thioether (sulfide) groups is 1. The Morgan fingerprint density at radius 2 is 2.41 bits per heavy atom. The second kappa shape index (κ2) is 5.84. The number of amides is 1. The number of aromatic nitrogens is 1. The predicted molar refractivity (Wildman–Crippen MR) is 70.8 cm³/mol. The first-order chi connectivity index (χ1) is 8.19.